The topological polar surface area (TPSA) is 0 Å². The van der Waals surface area contributed by atoms with E-state index in [9.17, 15) is 0 Å². The molecule has 1 aromatic rings. The smallest absolute Gasteiger partial charge is 0.293 e. The zero-order valence-corrected chi connectivity index (χ0v) is 8.61. The largest absolute Gasteiger partial charge is 2.00 e. The van der Waals surface area contributed by atoms with Gasteiger partial charge in [-0.05, 0) is 0 Å². The molecule has 1 rings (SSSR count). The van der Waals surface area contributed by atoms with E-state index < -0.39 is 0 Å². The third-order valence-electron chi connectivity index (χ3n) is 0.859. The molecule has 0 aliphatic rings. The van der Waals surface area contributed by atoms with Crippen LogP contribution in [-0.4, -0.2) is 0 Å². The SMILES string of the molecule is [CH-]=CC=CC.[Mo+2].c1cc[cH-]c1. The van der Waals surface area contributed by atoms with Crippen LogP contribution in [0.15, 0.2) is 48.6 Å². The first kappa shape index (κ1) is 13.1. The van der Waals surface area contributed by atoms with E-state index >= 15 is 0 Å². The molecule has 0 radical (unpaired) electrons. The molecule has 0 atom stereocenters. The summed E-state index contributed by atoms with van der Waals surface area (Å²) in [7, 11) is 0. The van der Waals surface area contributed by atoms with E-state index in [0.717, 1.165) is 0 Å². The maximum Gasteiger partial charge on any atom is 2.00 e. The van der Waals surface area contributed by atoms with E-state index in [1.54, 1.807) is 6.08 Å². The summed E-state index contributed by atoms with van der Waals surface area (Å²) < 4.78 is 0. The van der Waals surface area contributed by atoms with Crippen LogP contribution in [0.2, 0.25) is 0 Å². The first-order chi connectivity index (χ1) is 4.91. The van der Waals surface area contributed by atoms with Crippen LogP contribution in [-0.2, 0) is 21.1 Å². The van der Waals surface area contributed by atoms with E-state index in [2.05, 4.69) is 0 Å². The molecule has 0 saturated carbocycles. The third-order valence-corrected chi connectivity index (χ3v) is 0.859. The van der Waals surface area contributed by atoms with Gasteiger partial charge in [-0.1, -0.05) is 6.92 Å². The van der Waals surface area contributed by atoms with Gasteiger partial charge in [0.1, 0.15) is 0 Å². The van der Waals surface area contributed by atoms with Gasteiger partial charge in [0.2, 0.25) is 0 Å². The molecule has 0 nitrogen and oxygen atoms in total. The summed E-state index contributed by atoms with van der Waals surface area (Å²) in [5.41, 5.74) is 0. The summed E-state index contributed by atoms with van der Waals surface area (Å²) in [6.07, 6.45) is 5.15. The molecular formula is C10H12Mo. The Kier molecular flexibility index (Phi) is 14.6. The molecular weight excluding hydrogens is 216 g/mol. The van der Waals surface area contributed by atoms with Gasteiger partial charge >= 0.3 is 21.1 Å². The van der Waals surface area contributed by atoms with Gasteiger partial charge in [-0.2, -0.15) is 24.3 Å². The van der Waals surface area contributed by atoms with Gasteiger partial charge < -0.3 is 0 Å². The van der Waals surface area contributed by atoms with E-state index in [4.69, 9.17) is 6.58 Å². The fraction of sp³-hybridized carbons (Fsp3) is 0.100. The summed E-state index contributed by atoms with van der Waals surface area (Å²) in [5, 5.41) is 0. The Morgan fingerprint density at radius 3 is 1.91 bits per heavy atom. The van der Waals surface area contributed by atoms with Crippen LogP contribution in [0.1, 0.15) is 6.92 Å². The molecule has 0 spiro atoms. The van der Waals surface area contributed by atoms with Gasteiger partial charge in [-0.3, -0.25) is 6.58 Å². The Bertz CT molecular complexity index is 144. The average molecular weight is 228 g/mol. The van der Waals surface area contributed by atoms with Gasteiger partial charge in [0.25, 0.3) is 0 Å². The first-order valence-electron chi connectivity index (χ1n) is 3.24. The molecule has 0 heterocycles. The zero-order chi connectivity index (χ0) is 7.66. The van der Waals surface area contributed by atoms with Crippen molar-refractivity contribution in [3.8, 4) is 0 Å². The molecule has 0 aliphatic heterocycles. The molecule has 0 bridgehead atoms. The first-order valence-corrected chi connectivity index (χ1v) is 3.24. The van der Waals surface area contributed by atoms with Gasteiger partial charge in [-0.25, -0.2) is 24.3 Å². The van der Waals surface area contributed by atoms with Crippen molar-refractivity contribution in [2.45, 2.75) is 6.92 Å². The Hall–Kier alpha value is -0.482. The number of allylic oxidation sites excluding steroid dienone is 3. The Balaban J connectivity index is 0. The second-order valence-electron chi connectivity index (χ2n) is 1.68. The van der Waals surface area contributed by atoms with Crippen LogP contribution in [0, 0.1) is 6.58 Å². The average Bonchev–Trinajstić information content (AvgIpc) is 2.44. The second-order valence-corrected chi connectivity index (χ2v) is 1.68. The summed E-state index contributed by atoms with van der Waals surface area (Å²) >= 11 is 0. The van der Waals surface area contributed by atoms with E-state index in [-0.39, 0.29) is 21.1 Å². The van der Waals surface area contributed by atoms with Crippen molar-refractivity contribution in [2.75, 3.05) is 0 Å². The van der Waals surface area contributed by atoms with Gasteiger partial charge in [0, 0.05) is 0 Å². The molecule has 1 heteroatoms. The van der Waals surface area contributed by atoms with Crippen LogP contribution in [0.3, 0.4) is 0 Å². The van der Waals surface area contributed by atoms with E-state index in [0.29, 0.717) is 0 Å². The summed E-state index contributed by atoms with van der Waals surface area (Å²) in [6.45, 7) is 6.85. The van der Waals surface area contributed by atoms with Crippen molar-refractivity contribution in [1.82, 2.24) is 0 Å². The number of rotatable bonds is 1. The molecule has 0 saturated heterocycles. The van der Waals surface area contributed by atoms with Crippen LogP contribution in [0.4, 0.5) is 0 Å². The predicted octanol–water partition coefficient (Wildman–Crippen LogP) is 2.95. The fourth-order valence-corrected chi connectivity index (χ4v) is 0.432. The molecule has 11 heavy (non-hydrogen) atoms. The molecule has 1 aromatic carbocycles. The number of hydrogen-bond donors (Lipinski definition) is 0. The van der Waals surface area contributed by atoms with Crippen LogP contribution < -0.4 is 0 Å². The van der Waals surface area contributed by atoms with Crippen molar-refractivity contribution in [2.24, 2.45) is 0 Å². The monoisotopic (exact) mass is 230 g/mol. The number of hydrogen-bond acceptors (Lipinski definition) is 0. The van der Waals surface area contributed by atoms with E-state index in [1.165, 1.54) is 6.08 Å². The molecule has 0 unspecified atom stereocenters. The Morgan fingerprint density at radius 2 is 1.82 bits per heavy atom. The minimum Gasteiger partial charge on any atom is -0.293 e. The standard InChI is InChI=1S/C5H5.C5H7.Mo/c1-2-4-5-3-1;1-3-5-4-2;/h1-5H;1,3-5H,2H3;/q2*-1;+2. The van der Waals surface area contributed by atoms with Gasteiger partial charge in [0.05, 0.1) is 0 Å². The summed E-state index contributed by atoms with van der Waals surface area (Å²) in [4.78, 5) is 0. The zero-order valence-electron chi connectivity index (χ0n) is 6.60. The third kappa shape index (κ3) is 12.7. The van der Waals surface area contributed by atoms with Crippen molar-refractivity contribution in [3.63, 3.8) is 0 Å². The van der Waals surface area contributed by atoms with Crippen molar-refractivity contribution in [1.29, 1.82) is 0 Å². The van der Waals surface area contributed by atoms with Gasteiger partial charge in [-0.15, -0.1) is 0 Å². The molecule has 58 valence electrons. The Labute approximate surface area is 83.3 Å². The quantitative estimate of drug-likeness (QED) is 0.394. The minimum absolute atomic E-state index is 0. The van der Waals surface area contributed by atoms with Crippen LogP contribution in [0.25, 0.3) is 0 Å². The molecule has 0 N–H and O–H groups in total. The second kappa shape index (κ2) is 12.2. The van der Waals surface area contributed by atoms with Crippen molar-refractivity contribution in [3.05, 3.63) is 55.1 Å². The summed E-state index contributed by atoms with van der Waals surface area (Å²) in [5.74, 6) is 0. The van der Waals surface area contributed by atoms with Crippen LogP contribution >= 0.6 is 0 Å². The fourth-order valence-electron chi connectivity index (χ4n) is 0.432. The molecule has 0 aliphatic carbocycles. The van der Waals surface area contributed by atoms with Gasteiger partial charge in [0.15, 0.2) is 0 Å². The maximum absolute atomic E-state index is 4.93. The normalized spacial score (nSPS) is 7.73. The molecule has 0 aromatic heterocycles. The van der Waals surface area contributed by atoms with Crippen LogP contribution in [0.5, 0.6) is 0 Å². The van der Waals surface area contributed by atoms with Crippen molar-refractivity contribution < 1.29 is 21.1 Å². The van der Waals surface area contributed by atoms with E-state index in [1.807, 2.05) is 43.3 Å². The van der Waals surface area contributed by atoms with Crippen molar-refractivity contribution >= 4 is 0 Å². The maximum atomic E-state index is 4.93. The molecule has 0 fully saturated rings. The minimum atomic E-state index is 0. The predicted molar refractivity (Wildman–Crippen MR) is 45.7 cm³/mol. The Morgan fingerprint density at radius 1 is 1.27 bits per heavy atom. The summed E-state index contributed by atoms with van der Waals surface area (Å²) in [6, 6.07) is 10.0. The molecule has 0 amide bonds.